The summed E-state index contributed by atoms with van der Waals surface area (Å²) in [5.41, 5.74) is 2.87. The highest BCUT2D eigenvalue weighted by atomic mass is 16.5. The Labute approximate surface area is 129 Å². The number of methoxy groups -OCH3 is 1. The molecule has 0 unspecified atom stereocenters. The van der Waals surface area contributed by atoms with Crippen LogP contribution in [0.5, 0.6) is 5.75 Å². The molecular weight excluding hydrogens is 256 g/mol. The second-order valence-electron chi connectivity index (χ2n) is 5.89. The summed E-state index contributed by atoms with van der Waals surface area (Å²) >= 11 is 0. The van der Waals surface area contributed by atoms with Crippen LogP contribution in [0.15, 0.2) is 54.6 Å². The van der Waals surface area contributed by atoms with Crippen LogP contribution < -0.4 is 4.74 Å². The van der Waals surface area contributed by atoms with Gasteiger partial charge in [-0.2, -0.15) is 0 Å². The summed E-state index contributed by atoms with van der Waals surface area (Å²) in [6.45, 7) is 2.36. The molecule has 0 aliphatic carbocycles. The van der Waals surface area contributed by atoms with Crippen molar-refractivity contribution in [3.8, 4) is 5.75 Å². The number of rotatable bonds is 8. The van der Waals surface area contributed by atoms with Gasteiger partial charge in [0, 0.05) is 0 Å². The lowest BCUT2D eigenvalue weighted by molar-refractivity contribution is 0.414. The molecule has 21 heavy (non-hydrogen) atoms. The molecule has 1 nitrogen and oxygen atoms in total. The molecule has 2 aromatic rings. The van der Waals surface area contributed by atoms with Crippen LogP contribution in [0.4, 0.5) is 0 Å². The van der Waals surface area contributed by atoms with Crippen molar-refractivity contribution in [2.45, 2.75) is 39.0 Å². The average Bonchev–Trinajstić information content (AvgIpc) is 2.53. The second kappa shape index (κ2) is 8.51. The molecule has 0 amide bonds. The second-order valence-corrected chi connectivity index (χ2v) is 5.89. The van der Waals surface area contributed by atoms with Crippen molar-refractivity contribution in [2.24, 2.45) is 5.92 Å². The molecule has 1 atom stereocenters. The highest BCUT2D eigenvalue weighted by Gasteiger charge is 2.03. The number of unbranched alkanes of at least 4 members (excludes halogenated alkanes) is 1. The fraction of sp³-hybridized carbons (Fsp3) is 0.400. The zero-order valence-corrected chi connectivity index (χ0v) is 13.2. The molecule has 0 spiro atoms. The maximum absolute atomic E-state index is 5.18. The number of aryl methyl sites for hydroxylation is 1. The molecule has 1 heteroatoms. The highest BCUT2D eigenvalue weighted by Crippen LogP contribution is 2.17. The zero-order chi connectivity index (χ0) is 14.9. The first-order chi connectivity index (χ1) is 10.3. The van der Waals surface area contributed by atoms with Crippen LogP contribution in [0.1, 0.15) is 37.3 Å². The Hall–Kier alpha value is -1.76. The molecule has 0 fully saturated rings. The molecular formula is C20H26O. The van der Waals surface area contributed by atoms with Gasteiger partial charge in [0.15, 0.2) is 0 Å². The highest BCUT2D eigenvalue weighted by molar-refractivity contribution is 5.27. The van der Waals surface area contributed by atoms with E-state index in [1.807, 2.05) is 12.1 Å². The lowest BCUT2D eigenvalue weighted by Crippen LogP contribution is -2.00. The van der Waals surface area contributed by atoms with Crippen LogP contribution >= 0.6 is 0 Å². The third kappa shape index (κ3) is 5.63. The average molecular weight is 282 g/mol. The smallest absolute Gasteiger partial charge is 0.118 e. The van der Waals surface area contributed by atoms with E-state index in [-0.39, 0.29) is 0 Å². The van der Waals surface area contributed by atoms with Gasteiger partial charge in [-0.05, 0) is 48.4 Å². The van der Waals surface area contributed by atoms with Gasteiger partial charge >= 0.3 is 0 Å². The summed E-state index contributed by atoms with van der Waals surface area (Å²) in [5, 5.41) is 0. The van der Waals surface area contributed by atoms with Gasteiger partial charge in [0.25, 0.3) is 0 Å². The van der Waals surface area contributed by atoms with Crippen LogP contribution in [-0.4, -0.2) is 7.11 Å². The quantitative estimate of drug-likeness (QED) is 0.598. The predicted molar refractivity (Wildman–Crippen MR) is 89.9 cm³/mol. The monoisotopic (exact) mass is 282 g/mol. The standard InChI is InChI=1S/C20H26O/c1-17(16-19-10-4-3-5-11-19)8-6-7-9-18-12-14-20(21-2)15-13-18/h3-5,10-15,17H,6-9,16H2,1-2H3/t17-/m1/s1. The molecule has 0 aliphatic rings. The Morgan fingerprint density at radius 3 is 2.24 bits per heavy atom. The number of benzene rings is 2. The van der Waals surface area contributed by atoms with Gasteiger partial charge in [0.05, 0.1) is 7.11 Å². The van der Waals surface area contributed by atoms with Crippen LogP contribution in [-0.2, 0) is 12.8 Å². The van der Waals surface area contributed by atoms with Crippen molar-refractivity contribution >= 4 is 0 Å². The Morgan fingerprint density at radius 1 is 0.857 bits per heavy atom. The minimum atomic E-state index is 0.767. The molecule has 112 valence electrons. The van der Waals surface area contributed by atoms with Crippen LogP contribution in [0.3, 0.4) is 0 Å². The maximum atomic E-state index is 5.18. The SMILES string of the molecule is COc1ccc(CCCC[C@@H](C)Cc2ccccc2)cc1. The van der Waals surface area contributed by atoms with E-state index >= 15 is 0 Å². The van der Waals surface area contributed by atoms with E-state index in [1.54, 1.807) is 7.11 Å². The summed E-state index contributed by atoms with van der Waals surface area (Å²) in [6, 6.07) is 19.3. The number of ether oxygens (including phenoxy) is 1. The van der Waals surface area contributed by atoms with E-state index in [2.05, 4.69) is 49.4 Å². The first-order valence-electron chi connectivity index (χ1n) is 7.95. The van der Waals surface area contributed by atoms with Gasteiger partial charge in [0.2, 0.25) is 0 Å². The maximum Gasteiger partial charge on any atom is 0.118 e. The van der Waals surface area contributed by atoms with Crippen molar-refractivity contribution in [3.05, 3.63) is 65.7 Å². The summed E-state index contributed by atoms with van der Waals surface area (Å²) in [5.74, 6) is 1.71. The van der Waals surface area contributed by atoms with Crippen molar-refractivity contribution in [3.63, 3.8) is 0 Å². The largest absolute Gasteiger partial charge is 0.497 e. The van der Waals surface area contributed by atoms with Crippen LogP contribution in [0.2, 0.25) is 0 Å². The first-order valence-corrected chi connectivity index (χ1v) is 7.95. The molecule has 0 bridgehead atoms. The van der Waals surface area contributed by atoms with Crippen molar-refractivity contribution < 1.29 is 4.74 Å². The normalized spacial score (nSPS) is 12.1. The third-order valence-electron chi connectivity index (χ3n) is 4.00. The van der Waals surface area contributed by atoms with Gasteiger partial charge in [0.1, 0.15) is 5.75 Å². The van der Waals surface area contributed by atoms with Crippen molar-refractivity contribution in [1.82, 2.24) is 0 Å². The van der Waals surface area contributed by atoms with E-state index in [9.17, 15) is 0 Å². The zero-order valence-electron chi connectivity index (χ0n) is 13.2. The molecule has 0 saturated carbocycles. The molecule has 0 saturated heterocycles. The Morgan fingerprint density at radius 2 is 1.57 bits per heavy atom. The summed E-state index contributed by atoms with van der Waals surface area (Å²) in [7, 11) is 1.71. The minimum Gasteiger partial charge on any atom is -0.497 e. The number of hydrogen-bond acceptors (Lipinski definition) is 1. The fourth-order valence-electron chi connectivity index (χ4n) is 2.73. The van der Waals surface area contributed by atoms with E-state index < -0.39 is 0 Å². The topological polar surface area (TPSA) is 9.23 Å². The molecule has 0 aliphatic heterocycles. The Kier molecular flexibility index (Phi) is 6.33. The molecule has 0 N–H and O–H groups in total. The van der Waals surface area contributed by atoms with Crippen LogP contribution in [0.25, 0.3) is 0 Å². The molecule has 0 aromatic heterocycles. The van der Waals surface area contributed by atoms with E-state index in [0.717, 1.165) is 11.7 Å². The van der Waals surface area contributed by atoms with E-state index in [0.29, 0.717) is 0 Å². The van der Waals surface area contributed by atoms with Crippen molar-refractivity contribution in [1.29, 1.82) is 0 Å². The summed E-state index contributed by atoms with van der Waals surface area (Å²) < 4.78 is 5.18. The molecule has 2 rings (SSSR count). The first kappa shape index (κ1) is 15.6. The van der Waals surface area contributed by atoms with E-state index in [4.69, 9.17) is 4.74 Å². The Bertz CT molecular complexity index is 501. The van der Waals surface area contributed by atoms with Gasteiger partial charge in [-0.3, -0.25) is 0 Å². The third-order valence-corrected chi connectivity index (χ3v) is 4.00. The Balaban J connectivity index is 1.64. The predicted octanol–water partition coefficient (Wildman–Crippen LogP) is 5.29. The lowest BCUT2D eigenvalue weighted by Gasteiger charge is -2.11. The van der Waals surface area contributed by atoms with Gasteiger partial charge in [-0.1, -0.05) is 62.2 Å². The number of hydrogen-bond donors (Lipinski definition) is 0. The molecule has 2 aromatic carbocycles. The molecule has 0 heterocycles. The lowest BCUT2D eigenvalue weighted by atomic mass is 9.95. The van der Waals surface area contributed by atoms with Crippen molar-refractivity contribution in [2.75, 3.05) is 7.11 Å². The van der Waals surface area contributed by atoms with Gasteiger partial charge in [-0.15, -0.1) is 0 Å². The fourth-order valence-corrected chi connectivity index (χ4v) is 2.73. The van der Waals surface area contributed by atoms with Gasteiger partial charge < -0.3 is 4.74 Å². The van der Waals surface area contributed by atoms with Gasteiger partial charge in [-0.25, -0.2) is 0 Å². The minimum absolute atomic E-state index is 0.767. The van der Waals surface area contributed by atoms with E-state index in [1.165, 1.54) is 43.2 Å². The molecule has 0 radical (unpaired) electrons. The summed E-state index contributed by atoms with van der Waals surface area (Å²) in [6.07, 6.45) is 6.25. The van der Waals surface area contributed by atoms with Crippen LogP contribution in [0, 0.1) is 5.92 Å². The summed E-state index contributed by atoms with van der Waals surface area (Å²) in [4.78, 5) is 0.